The van der Waals surface area contributed by atoms with Crippen LogP contribution >= 0.6 is 0 Å². The lowest BCUT2D eigenvalue weighted by atomic mass is 9.74. The number of para-hydroxylation sites is 1. The van der Waals surface area contributed by atoms with Crippen LogP contribution in [0.25, 0.3) is 23.0 Å². The molecule has 1 fully saturated rings. The molecule has 2 aliphatic heterocycles. The average molecular weight is 519 g/mol. The molecule has 4 aromatic rings. The fraction of sp³-hybridized carbons (Fsp3) is 0.273. The molecule has 198 valence electrons. The van der Waals surface area contributed by atoms with Crippen LogP contribution in [0.2, 0.25) is 0 Å². The summed E-state index contributed by atoms with van der Waals surface area (Å²) in [6, 6.07) is 24.8. The number of nitrogens with zero attached hydrogens (tertiary/aromatic N) is 3. The molecule has 2 aliphatic rings. The normalized spacial score (nSPS) is 19.6. The molecule has 0 bridgehead atoms. The molecular formula is C33H34N4O2. The van der Waals surface area contributed by atoms with Gasteiger partial charge in [0.15, 0.2) is 0 Å². The summed E-state index contributed by atoms with van der Waals surface area (Å²) in [6.45, 7) is 9.84. The van der Waals surface area contributed by atoms with Gasteiger partial charge in [-0.15, -0.1) is 0 Å². The van der Waals surface area contributed by atoms with Crippen LogP contribution in [0, 0.1) is 6.92 Å². The van der Waals surface area contributed by atoms with Crippen molar-refractivity contribution in [3.63, 3.8) is 0 Å². The van der Waals surface area contributed by atoms with Crippen LogP contribution in [-0.2, 0) is 10.2 Å². The summed E-state index contributed by atoms with van der Waals surface area (Å²) in [6.07, 6.45) is 6.83. The van der Waals surface area contributed by atoms with Gasteiger partial charge in [0.1, 0.15) is 11.4 Å². The summed E-state index contributed by atoms with van der Waals surface area (Å²) < 4.78 is 7.58. The van der Waals surface area contributed by atoms with E-state index in [9.17, 15) is 4.79 Å². The predicted molar refractivity (Wildman–Crippen MR) is 156 cm³/mol. The van der Waals surface area contributed by atoms with Crippen molar-refractivity contribution in [2.75, 3.05) is 18.1 Å². The van der Waals surface area contributed by atoms with Gasteiger partial charge in [0.05, 0.1) is 18.0 Å². The van der Waals surface area contributed by atoms with E-state index in [4.69, 9.17) is 9.84 Å². The highest BCUT2D eigenvalue weighted by molar-refractivity contribution is 5.85. The molecule has 6 rings (SSSR count). The predicted octanol–water partition coefficient (Wildman–Crippen LogP) is 6.27. The summed E-state index contributed by atoms with van der Waals surface area (Å²) in [5.74, 6) is 0.904. The second-order valence-electron chi connectivity index (χ2n) is 10.9. The lowest BCUT2D eigenvalue weighted by molar-refractivity contribution is -0.124. The third kappa shape index (κ3) is 4.11. The van der Waals surface area contributed by atoms with Crippen molar-refractivity contribution in [3.8, 4) is 22.7 Å². The summed E-state index contributed by atoms with van der Waals surface area (Å²) in [7, 11) is 0. The minimum absolute atomic E-state index is 0.0696. The maximum Gasteiger partial charge on any atom is 0.223 e. The number of hydrogen-bond acceptors (Lipinski definition) is 4. The van der Waals surface area contributed by atoms with E-state index in [2.05, 4.69) is 67.5 Å². The van der Waals surface area contributed by atoms with Crippen molar-refractivity contribution in [1.29, 1.82) is 0 Å². The number of amides is 1. The Morgan fingerprint density at radius 3 is 2.56 bits per heavy atom. The van der Waals surface area contributed by atoms with E-state index in [1.54, 1.807) is 0 Å². The minimum Gasteiger partial charge on any atom is -0.494 e. The smallest absolute Gasteiger partial charge is 0.223 e. The van der Waals surface area contributed by atoms with Gasteiger partial charge >= 0.3 is 0 Å². The molecule has 3 aromatic carbocycles. The molecule has 0 aliphatic carbocycles. The highest BCUT2D eigenvalue weighted by atomic mass is 16.5. The van der Waals surface area contributed by atoms with E-state index in [0.717, 1.165) is 28.3 Å². The Morgan fingerprint density at radius 1 is 1.05 bits per heavy atom. The van der Waals surface area contributed by atoms with Crippen molar-refractivity contribution in [1.82, 2.24) is 15.1 Å². The van der Waals surface area contributed by atoms with Gasteiger partial charge in [0.2, 0.25) is 5.91 Å². The number of aromatic nitrogens is 2. The maximum absolute atomic E-state index is 12.9. The van der Waals surface area contributed by atoms with Gasteiger partial charge in [-0.05, 0) is 68.0 Å². The molecule has 6 nitrogen and oxygen atoms in total. The van der Waals surface area contributed by atoms with Crippen molar-refractivity contribution < 1.29 is 9.53 Å². The third-order valence-corrected chi connectivity index (χ3v) is 8.09. The number of rotatable bonds is 6. The molecule has 1 N–H and O–H groups in total. The molecule has 0 spiro atoms. The Morgan fingerprint density at radius 2 is 1.82 bits per heavy atom. The number of aryl methyl sites for hydroxylation is 1. The molecule has 0 unspecified atom stereocenters. The Kier molecular flexibility index (Phi) is 6.06. The van der Waals surface area contributed by atoms with Crippen LogP contribution in [0.4, 0.5) is 5.69 Å². The first-order chi connectivity index (χ1) is 18.8. The van der Waals surface area contributed by atoms with Crippen LogP contribution in [-0.4, -0.2) is 34.5 Å². The number of benzene rings is 3. The summed E-state index contributed by atoms with van der Waals surface area (Å²) >= 11 is 0. The van der Waals surface area contributed by atoms with Gasteiger partial charge in [0.25, 0.3) is 0 Å². The molecule has 1 saturated heterocycles. The van der Waals surface area contributed by atoms with Gasteiger partial charge in [0, 0.05) is 41.4 Å². The summed E-state index contributed by atoms with van der Waals surface area (Å²) in [5.41, 5.74) is 6.43. The van der Waals surface area contributed by atoms with Gasteiger partial charge in [-0.2, -0.15) is 5.10 Å². The highest BCUT2D eigenvalue weighted by Crippen LogP contribution is 2.52. The first-order valence-corrected chi connectivity index (χ1v) is 13.6. The van der Waals surface area contributed by atoms with Crippen molar-refractivity contribution in [2.45, 2.75) is 45.2 Å². The quantitative estimate of drug-likeness (QED) is 0.327. The van der Waals surface area contributed by atoms with Crippen LogP contribution < -0.4 is 15.0 Å². The zero-order chi connectivity index (χ0) is 27.2. The number of fused-ring (bicyclic) bond motifs is 3. The first-order valence-electron chi connectivity index (χ1n) is 13.6. The Bertz CT molecular complexity index is 1550. The lowest BCUT2D eigenvalue weighted by Gasteiger charge is -2.49. The van der Waals surface area contributed by atoms with E-state index >= 15 is 0 Å². The molecule has 6 heteroatoms. The number of hydrogen-bond donors (Lipinski definition) is 1. The third-order valence-electron chi connectivity index (χ3n) is 8.09. The zero-order valence-corrected chi connectivity index (χ0v) is 22.9. The van der Waals surface area contributed by atoms with Crippen LogP contribution in [0.3, 0.4) is 0 Å². The molecule has 3 heterocycles. The van der Waals surface area contributed by atoms with E-state index in [-0.39, 0.29) is 11.3 Å². The van der Waals surface area contributed by atoms with E-state index in [0.29, 0.717) is 19.6 Å². The average Bonchev–Trinajstić information content (AvgIpc) is 3.44. The number of ether oxygens (including phenoxy) is 1. The second-order valence-corrected chi connectivity index (χ2v) is 10.9. The largest absolute Gasteiger partial charge is 0.494 e. The summed E-state index contributed by atoms with van der Waals surface area (Å²) in [4.78, 5) is 15.2. The Hall–Kier alpha value is -4.32. The van der Waals surface area contributed by atoms with Crippen LogP contribution in [0.5, 0.6) is 5.75 Å². The number of nitrogens with one attached hydrogen (secondary N) is 1. The SMILES string of the molecule is CCOc1ccc(-c2nn(-c3ccccc3)cc2/C=C/[C@]23NC(=O)CCN2c2ccc(C)cc2C3(C)C)cc1. The molecule has 1 amide bonds. The maximum atomic E-state index is 12.9. The minimum atomic E-state index is -0.691. The standard InChI is InChI=1S/C33H34N4O2/c1-5-39-27-14-12-24(13-15-27)31-25(22-37(35-31)26-9-7-6-8-10-26)17-19-33-32(3,4)28-21-23(2)11-16-29(28)36(33)20-18-30(38)34-33/h6-17,19,21-22H,5,18,20H2,1-4H3,(H,34,38)/b19-17+/t33-/m0/s1. The van der Waals surface area contributed by atoms with E-state index in [1.807, 2.05) is 66.2 Å². The molecular weight excluding hydrogens is 484 g/mol. The number of carbonyl (C=O) groups excluding carboxylic acids is 1. The van der Waals surface area contributed by atoms with Crippen molar-refractivity contribution >= 4 is 17.7 Å². The van der Waals surface area contributed by atoms with Crippen molar-refractivity contribution in [2.24, 2.45) is 0 Å². The molecule has 1 atom stereocenters. The van der Waals surface area contributed by atoms with Crippen LogP contribution in [0.1, 0.15) is 43.9 Å². The van der Waals surface area contributed by atoms with Gasteiger partial charge < -0.3 is 15.0 Å². The van der Waals surface area contributed by atoms with Crippen LogP contribution in [0.15, 0.2) is 85.1 Å². The van der Waals surface area contributed by atoms with Gasteiger partial charge in [-0.1, -0.05) is 55.8 Å². The molecule has 0 radical (unpaired) electrons. The Labute approximate surface area is 229 Å². The number of anilines is 1. The van der Waals surface area contributed by atoms with Crippen molar-refractivity contribution in [3.05, 3.63) is 102 Å². The highest BCUT2D eigenvalue weighted by Gasteiger charge is 2.57. The monoisotopic (exact) mass is 518 g/mol. The van der Waals surface area contributed by atoms with Gasteiger partial charge in [-0.3, -0.25) is 4.79 Å². The zero-order valence-electron chi connectivity index (χ0n) is 22.9. The molecule has 1 aromatic heterocycles. The van der Waals surface area contributed by atoms with E-state index in [1.165, 1.54) is 16.8 Å². The summed E-state index contributed by atoms with van der Waals surface area (Å²) in [5, 5.41) is 8.39. The first kappa shape index (κ1) is 25.0. The molecule has 0 saturated carbocycles. The fourth-order valence-electron chi connectivity index (χ4n) is 6.00. The number of carbonyl (C=O) groups is 1. The van der Waals surface area contributed by atoms with Gasteiger partial charge in [-0.25, -0.2) is 4.68 Å². The fourth-order valence-corrected chi connectivity index (χ4v) is 6.00. The Balaban J connectivity index is 1.47. The second kappa shape index (κ2) is 9.45. The lowest BCUT2D eigenvalue weighted by Crippen LogP contribution is -2.68. The molecule has 39 heavy (non-hydrogen) atoms. The van der Waals surface area contributed by atoms with E-state index < -0.39 is 5.66 Å². The topological polar surface area (TPSA) is 59.4 Å².